The minimum atomic E-state index is 0.860. The summed E-state index contributed by atoms with van der Waals surface area (Å²) in [6, 6.07) is 66.0. The first-order valence-corrected chi connectivity index (χ1v) is 22.3. The van der Waals surface area contributed by atoms with Crippen LogP contribution in [0.2, 0.25) is 0 Å². The number of hydrogen-bond donors (Lipinski definition) is 0. The largest absolute Gasteiger partial charge is 0.456 e. The molecule has 0 unspecified atom stereocenters. The van der Waals surface area contributed by atoms with Crippen LogP contribution in [0, 0.1) is 13.8 Å². The minimum Gasteiger partial charge on any atom is -0.456 e. The number of anilines is 3. The first-order chi connectivity index (χ1) is 32.0. The molecule has 0 bridgehead atoms. The summed E-state index contributed by atoms with van der Waals surface area (Å²) in [7, 11) is 0. The van der Waals surface area contributed by atoms with E-state index in [4.69, 9.17) is 8.83 Å². The Morgan fingerprint density at radius 1 is 0.400 bits per heavy atom. The molecule has 0 fully saturated rings. The van der Waals surface area contributed by atoms with Crippen molar-refractivity contribution in [1.82, 2.24) is 0 Å². The summed E-state index contributed by atoms with van der Waals surface area (Å²) in [5.41, 5.74) is 12.6. The lowest BCUT2D eigenvalue weighted by Gasteiger charge is -2.30. The molecule has 0 saturated heterocycles. The van der Waals surface area contributed by atoms with Gasteiger partial charge in [-0.1, -0.05) is 158 Å². The van der Waals surface area contributed by atoms with Gasteiger partial charge in [0.2, 0.25) is 0 Å². The molecule has 0 radical (unpaired) electrons. The van der Waals surface area contributed by atoms with Crippen molar-refractivity contribution in [2.24, 2.45) is 0 Å². The summed E-state index contributed by atoms with van der Waals surface area (Å²) in [5, 5.41) is 16.4. The van der Waals surface area contributed by atoms with Crippen LogP contribution in [0.3, 0.4) is 0 Å². The van der Waals surface area contributed by atoms with Crippen LogP contribution in [0.5, 0.6) is 0 Å². The maximum atomic E-state index is 6.91. The van der Waals surface area contributed by atoms with E-state index in [0.29, 0.717) is 0 Å². The Morgan fingerprint density at radius 3 is 1.71 bits per heavy atom. The molecule has 2 aromatic heterocycles. The Balaban J connectivity index is 1.06. The molecule has 0 aliphatic carbocycles. The molecule has 65 heavy (non-hydrogen) atoms. The van der Waals surface area contributed by atoms with Crippen LogP contribution < -0.4 is 4.90 Å². The van der Waals surface area contributed by atoms with E-state index in [9.17, 15) is 0 Å². The Bertz CT molecular complexity index is 4120. The SMILES string of the molecule is C=C/C=C\c1cc2c3ccccc3c3cc4oc5cc(-c6c7ccccc7c(N(c7ccccc7C)c7cccc8c7oc7ccccc78)c7ccccc67)ccc5c4cc3c2cc1C. The number of benzene rings is 11. The number of allylic oxidation sites excluding steroid dienone is 2. The van der Waals surface area contributed by atoms with Crippen molar-refractivity contribution in [3.8, 4) is 11.1 Å². The second kappa shape index (κ2) is 14.3. The van der Waals surface area contributed by atoms with E-state index in [-0.39, 0.29) is 0 Å². The van der Waals surface area contributed by atoms with Gasteiger partial charge in [0.05, 0.1) is 11.4 Å². The fraction of sp³-hybridized carbons (Fsp3) is 0.0323. The maximum absolute atomic E-state index is 6.91. The molecule has 13 aromatic rings. The number of aryl methyl sites for hydroxylation is 2. The second-order valence-electron chi connectivity index (χ2n) is 17.3. The van der Waals surface area contributed by atoms with Crippen LogP contribution >= 0.6 is 0 Å². The summed E-state index contributed by atoms with van der Waals surface area (Å²) in [6.07, 6.45) is 5.99. The molecule has 11 aromatic carbocycles. The quantitative estimate of drug-likeness (QED) is 0.0950. The third-order valence-electron chi connectivity index (χ3n) is 13.6. The number of furan rings is 2. The minimum absolute atomic E-state index is 0.860. The predicted octanol–water partition coefficient (Wildman–Crippen LogP) is 18.2. The van der Waals surface area contributed by atoms with Crippen molar-refractivity contribution in [3.63, 3.8) is 0 Å². The van der Waals surface area contributed by atoms with E-state index in [1.807, 2.05) is 18.2 Å². The number of nitrogens with zero attached hydrogens (tertiary/aromatic N) is 1. The molecule has 0 saturated carbocycles. The highest BCUT2D eigenvalue weighted by atomic mass is 16.3. The summed E-state index contributed by atoms with van der Waals surface area (Å²) in [4.78, 5) is 2.43. The van der Waals surface area contributed by atoms with Gasteiger partial charge in [-0.25, -0.2) is 0 Å². The Kier molecular flexibility index (Phi) is 8.19. The first kappa shape index (κ1) is 37.2. The third-order valence-corrected chi connectivity index (χ3v) is 13.6. The van der Waals surface area contributed by atoms with Crippen LogP contribution in [0.4, 0.5) is 17.1 Å². The molecule has 2 heterocycles. The standard InChI is InChI=1S/C62H41NO2/c1-4-5-18-39-33-51-41-19-7-8-20-42(41)53-36-59-54(35-52(53)50(51)32-38(39)3)44-31-30-40(34-58(44)64-59)60-45-22-9-11-24-47(45)61(48-25-12-10-23-46(48)60)63(55-27-14-6-17-37(55)2)56-28-16-26-49-43-21-13-15-29-57(43)65-62(49)56/h4-36H,1H2,2-3H3/b18-5-. The van der Waals surface area contributed by atoms with Crippen LogP contribution in [0.15, 0.2) is 210 Å². The van der Waals surface area contributed by atoms with Crippen molar-refractivity contribution in [1.29, 1.82) is 0 Å². The summed E-state index contributed by atoms with van der Waals surface area (Å²) in [6.45, 7) is 8.29. The van der Waals surface area contributed by atoms with Gasteiger partial charge < -0.3 is 13.7 Å². The zero-order valence-corrected chi connectivity index (χ0v) is 36.0. The van der Waals surface area contributed by atoms with Crippen LogP contribution in [0.1, 0.15) is 16.7 Å². The summed E-state index contributed by atoms with van der Waals surface area (Å²) >= 11 is 0. The molecular weight excluding hydrogens is 791 g/mol. The fourth-order valence-electron chi connectivity index (χ4n) is 10.6. The third kappa shape index (κ3) is 5.55. The van der Waals surface area contributed by atoms with Crippen molar-refractivity contribution < 1.29 is 8.83 Å². The van der Waals surface area contributed by atoms with E-state index in [0.717, 1.165) is 88.0 Å². The lowest BCUT2D eigenvalue weighted by atomic mass is 9.89. The smallest absolute Gasteiger partial charge is 0.159 e. The van der Waals surface area contributed by atoms with Crippen molar-refractivity contribution in [3.05, 3.63) is 217 Å². The highest BCUT2D eigenvalue weighted by Crippen LogP contribution is 2.51. The summed E-state index contributed by atoms with van der Waals surface area (Å²) < 4.78 is 13.7. The van der Waals surface area contributed by atoms with Gasteiger partial charge in [-0.3, -0.25) is 0 Å². The molecule has 13 rings (SSSR count). The molecule has 3 nitrogen and oxygen atoms in total. The Morgan fingerprint density at radius 2 is 0.969 bits per heavy atom. The lowest BCUT2D eigenvalue weighted by Crippen LogP contribution is -2.13. The number of hydrogen-bond acceptors (Lipinski definition) is 3. The zero-order chi connectivity index (χ0) is 43.3. The van der Waals surface area contributed by atoms with E-state index < -0.39 is 0 Å². The first-order valence-electron chi connectivity index (χ1n) is 22.3. The molecule has 3 heteroatoms. The fourth-order valence-corrected chi connectivity index (χ4v) is 10.6. The molecule has 0 amide bonds. The molecule has 0 aliphatic rings. The van der Waals surface area contributed by atoms with Gasteiger partial charge in [-0.15, -0.1) is 0 Å². The van der Waals surface area contributed by atoms with Crippen LogP contribution in [-0.4, -0.2) is 0 Å². The Hall–Kier alpha value is -8.40. The topological polar surface area (TPSA) is 29.5 Å². The van der Waals surface area contributed by atoms with E-state index in [1.165, 1.54) is 54.6 Å². The van der Waals surface area contributed by atoms with Crippen LogP contribution in [-0.2, 0) is 0 Å². The van der Waals surface area contributed by atoms with Gasteiger partial charge in [0.1, 0.15) is 16.7 Å². The molecule has 0 aliphatic heterocycles. The average molecular weight is 832 g/mol. The van der Waals surface area contributed by atoms with E-state index >= 15 is 0 Å². The number of fused-ring (bicyclic) bond motifs is 14. The van der Waals surface area contributed by atoms with E-state index in [2.05, 4.69) is 207 Å². The van der Waals surface area contributed by atoms with Gasteiger partial charge in [0, 0.05) is 38.0 Å². The van der Waals surface area contributed by atoms with Crippen molar-refractivity contribution >= 4 is 121 Å². The van der Waals surface area contributed by atoms with Gasteiger partial charge in [-0.05, 0) is 133 Å². The Labute approximate surface area is 375 Å². The second-order valence-corrected chi connectivity index (χ2v) is 17.3. The van der Waals surface area contributed by atoms with Crippen LogP contribution in [0.25, 0.3) is 115 Å². The normalized spacial score (nSPS) is 12.2. The van der Waals surface area contributed by atoms with Gasteiger partial charge in [0.15, 0.2) is 5.58 Å². The van der Waals surface area contributed by atoms with E-state index in [1.54, 1.807) is 0 Å². The molecular formula is C62H41NO2. The summed E-state index contributed by atoms with van der Waals surface area (Å²) in [5.74, 6) is 0. The number of rotatable bonds is 6. The average Bonchev–Trinajstić information content (AvgIpc) is 3.91. The van der Waals surface area contributed by atoms with Gasteiger partial charge in [0.25, 0.3) is 0 Å². The highest BCUT2D eigenvalue weighted by Gasteiger charge is 2.26. The van der Waals surface area contributed by atoms with Gasteiger partial charge in [-0.2, -0.15) is 0 Å². The predicted molar refractivity (Wildman–Crippen MR) is 277 cm³/mol. The lowest BCUT2D eigenvalue weighted by molar-refractivity contribution is 0.669. The zero-order valence-electron chi connectivity index (χ0n) is 36.0. The maximum Gasteiger partial charge on any atom is 0.159 e. The monoisotopic (exact) mass is 831 g/mol. The molecule has 0 atom stereocenters. The van der Waals surface area contributed by atoms with Gasteiger partial charge >= 0.3 is 0 Å². The number of para-hydroxylation sites is 3. The molecule has 0 spiro atoms. The van der Waals surface area contributed by atoms with Crippen molar-refractivity contribution in [2.75, 3.05) is 4.90 Å². The van der Waals surface area contributed by atoms with Crippen molar-refractivity contribution in [2.45, 2.75) is 13.8 Å². The highest BCUT2D eigenvalue weighted by molar-refractivity contribution is 6.29. The molecule has 0 N–H and O–H groups in total. The molecule has 306 valence electrons.